The molecule has 0 amide bonds. The van der Waals surface area contributed by atoms with Crippen LogP contribution in [0.3, 0.4) is 0 Å². The highest BCUT2D eigenvalue weighted by molar-refractivity contribution is 7.20. The van der Waals surface area contributed by atoms with Crippen LogP contribution in [0.5, 0.6) is 0 Å². The summed E-state index contributed by atoms with van der Waals surface area (Å²) in [5.41, 5.74) is 0. The quantitative estimate of drug-likeness (QED) is 0.892. The topological polar surface area (TPSA) is 37.8 Å². The third-order valence-corrected chi connectivity index (χ3v) is 4.94. The summed E-state index contributed by atoms with van der Waals surface area (Å²) in [5.74, 6) is 0.569. The molecule has 1 unspecified atom stereocenters. The first-order chi connectivity index (χ1) is 7.93. The molecular weight excluding hydrogens is 238 g/mol. The van der Waals surface area contributed by atoms with E-state index in [0.717, 1.165) is 18.1 Å². The lowest BCUT2D eigenvalue weighted by Crippen LogP contribution is -2.28. The van der Waals surface area contributed by atoms with E-state index in [1.165, 1.54) is 22.7 Å². The molecule has 3 rings (SSSR count). The fraction of sp³-hybridized carbons (Fsp3) is 0.455. The molecular formula is C11H13N3S2. The van der Waals surface area contributed by atoms with Crippen molar-refractivity contribution in [2.75, 3.05) is 13.1 Å². The minimum Gasteiger partial charge on any atom is -0.316 e. The number of nitrogens with one attached hydrogen (secondary N) is 1. The first kappa shape index (κ1) is 10.4. The molecule has 16 heavy (non-hydrogen) atoms. The number of thiophene rings is 1. The van der Waals surface area contributed by atoms with Gasteiger partial charge in [0.15, 0.2) is 5.01 Å². The first-order valence-corrected chi connectivity index (χ1v) is 7.21. The van der Waals surface area contributed by atoms with Crippen LogP contribution >= 0.6 is 22.7 Å². The van der Waals surface area contributed by atoms with Gasteiger partial charge in [-0.1, -0.05) is 17.4 Å². The van der Waals surface area contributed by atoms with Crippen LogP contribution in [-0.4, -0.2) is 23.3 Å². The number of nitrogens with zero attached hydrogens (tertiary/aromatic N) is 2. The number of piperidine rings is 1. The molecule has 1 aliphatic rings. The highest BCUT2D eigenvalue weighted by Crippen LogP contribution is 2.32. The summed E-state index contributed by atoms with van der Waals surface area (Å²) in [6.07, 6.45) is 2.49. The van der Waals surface area contributed by atoms with E-state index in [9.17, 15) is 0 Å². The van der Waals surface area contributed by atoms with Crippen molar-refractivity contribution in [2.24, 2.45) is 0 Å². The van der Waals surface area contributed by atoms with Gasteiger partial charge in [-0.15, -0.1) is 21.5 Å². The van der Waals surface area contributed by atoms with Crippen molar-refractivity contribution in [1.82, 2.24) is 15.5 Å². The van der Waals surface area contributed by atoms with Gasteiger partial charge in [0, 0.05) is 12.5 Å². The Morgan fingerprint density at radius 2 is 2.38 bits per heavy atom. The van der Waals surface area contributed by atoms with E-state index in [-0.39, 0.29) is 0 Å². The molecule has 0 bridgehead atoms. The molecule has 2 aromatic heterocycles. The van der Waals surface area contributed by atoms with Crippen molar-refractivity contribution in [1.29, 1.82) is 0 Å². The van der Waals surface area contributed by atoms with Gasteiger partial charge in [0.2, 0.25) is 0 Å². The first-order valence-electron chi connectivity index (χ1n) is 5.51. The van der Waals surface area contributed by atoms with E-state index in [2.05, 4.69) is 33.0 Å². The summed E-state index contributed by atoms with van der Waals surface area (Å²) in [6, 6.07) is 4.16. The Kier molecular flexibility index (Phi) is 2.99. The molecule has 1 atom stereocenters. The Labute approximate surface area is 103 Å². The van der Waals surface area contributed by atoms with E-state index < -0.39 is 0 Å². The monoisotopic (exact) mass is 251 g/mol. The van der Waals surface area contributed by atoms with Crippen LogP contribution in [0.4, 0.5) is 0 Å². The molecule has 0 saturated carbocycles. The van der Waals surface area contributed by atoms with Gasteiger partial charge in [0.05, 0.1) is 4.88 Å². The highest BCUT2D eigenvalue weighted by atomic mass is 32.1. The second kappa shape index (κ2) is 4.61. The Hall–Kier alpha value is -0.780. The smallest absolute Gasteiger partial charge is 0.157 e. The maximum Gasteiger partial charge on any atom is 0.157 e. The van der Waals surface area contributed by atoms with Gasteiger partial charge in [0.1, 0.15) is 5.01 Å². The lowest BCUT2D eigenvalue weighted by molar-refractivity contribution is 0.458. The van der Waals surface area contributed by atoms with E-state index >= 15 is 0 Å². The van der Waals surface area contributed by atoms with Gasteiger partial charge >= 0.3 is 0 Å². The summed E-state index contributed by atoms with van der Waals surface area (Å²) in [7, 11) is 0. The molecule has 84 valence electrons. The van der Waals surface area contributed by atoms with Gasteiger partial charge in [-0.2, -0.15) is 0 Å². The minimum atomic E-state index is 0.569. The predicted octanol–water partition coefficient (Wildman–Crippen LogP) is 2.73. The fourth-order valence-electron chi connectivity index (χ4n) is 1.96. The van der Waals surface area contributed by atoms with Crippen LogP contribution in [-0.2, 0) is 0 Å². The third-order valence-electron chi connectivity index (χ3n) is 2.82. The maximum atomic E-state index is 4.33. The molecule has 1 N–H and O–H groups in total. The van der Waals surface area contributed by atoms with Crippen molar-refractivity contribution in [3.63, 3.8) is 0 Å². The Morgan fingerprint density at radius 1 is 1.38 bits per heavy atom. The number of hydrogen-bond donors (Lipinski definition) is 1. The normalized spacial score (nSPS) is 21.1. The molecule has 0 spiro atoms. The number of aromatic nitrogens is 2. The zero-order valence-electron chi connectivity index (χ0n) is 8.85. The largest absolute Gasteiger partial charge is 0.316 e. The van der Waals surface area contributed by atoms with Gasteiger partial charge in [-0.3, -0.25) is 0 Å². The van der Waals surface area contributed by atoms with E-state index in [1.807, 2.05) is 0 Å². The molecule has 0 radical (unpaired) electrons. The average Bonchev–Trinajstić information content (AvgIpc) is 3.01. The highest BCUT2D eigenvalue weighted by Gasteiger charge is 2.19. The van der Waals surface area contributed by atoms with Crippen LogP contribution in [0, 0.1) is 0 Å². The molecule has 1 saturated heterocycles. The van der Waals surface area contributed by atoms with Gasteiger partial charge in [-0.25, -0.2) is 0 Å². The van der Waals surface area contributed by atoms with Crippen LogP contribution in [0.2, 0.25) is 0 Å². The summed E-state index contributed by atoms with van der Waals surface area (Å²) in [6.45, 7) is 2.20. The molecule has 1 aliphatic heterocycles. The van der Waals surface area contributed by atoms with Gasteiger partial charge in [-0.05, 0) is 30.8 Å². The second-order valence-electron chi connectivity index (χ2n) is 3.97. The number of hydrogen-bond acceptors (Lipinski definition) is 5. The summed E-state index contributed by atoms with van der Waals surface area (Å²) in [5, 5.41) is 16.4. The van der Waals surface area contributed by atoms with Crippen molar-refractivity contribution >= 4 is 22.7 Å². The molecule has 3 nitrogen and oxygen atoms in total. The van der Waals surface area contributed by atoms with E-state index in [4.69, 9.17) is 0 Å². The molecule has 2 aromatic rings. The molecule has 0 aromatic carbocycles. The molecule has 3 heterocycles. The molecule has 0 aliphatic carbocycles. The minimum absolute atomic E-state index is 0.569. The van der Waals surface area contributed by atoms with Crippen molar-refractivity contribution in [2.45, 2.75) is 18.8 Å². The molecule has 1 fully saturated rings. The fourth-order valence-corrected chi connectivity index (χ4v) is 3.73. The zero-order valence-corrected chi connectivity index (χ0v) is 10.5. The van der Waals surface area contributed by atoms with Crippen molar-refractivity contribution < 1.29 is 0 Å². The summed E-state index contributed by atoms with van der Waals surface area (Å²) in [4.78, 5) is 1.23. The van der Waals surface area contributed by atoms with Crippen LogP contribution < -0.4 is 5.32 Å². The number of rotatable bonds is 2. The Morgan fingerprint density at radius 3 is 3.12 bits per heavy atom. The zero-order chi connectivity index (χ0) is 10.8. The van der Waals surface area contributed by atoms with E-state index in [1.54, 1.807) is 22.7 Å². The summed E-state index contributed by atoms with van der Waals surface area (Å²) >= 11 is 3.47. The summed E-state index contributed by atoms with van der Waals surface area (Å²) < 4.78 is 0. The van der Waals surface area contributed by atoms with Crippen molar-refractivity contribution in [3.05, 3.63) is 22.5 Å². The third kappa shape index (κ3) is 2.03. The van der Waals surface area contributed by atoms with Crippen molar-refractivity contribution in [3.8, 4) is 9.88 Å². The lowest BCUT2D eigenvalue weighted by Gasteiger charge is -2.19. The van der Waals surface area contributed by atoms with E-state index in [0.29, 0.717) is 5.92 Å². The van der Waals surface area contributed by atoms with Crippen LogP contribution in [0.15, 0.2) is 17.5 Å². The van der Waals surface area contributed by atoms with Crippen LogP contribution in [0.1, 0.15) is 23.8 Å². The lowest BCUT2D eigenvalue weighted by atomic mass is 10.0. The average molecular weight is 251 g/mol. The van der Waals surface area contributed by atoms with Gasteiger partial charge in [0.25, 0.3) is 0 Å². The van der Waals surface area contributed by atoms with Gasteiger partial charge < -0.3 is 5.32 Å². The SMILES string of the molecule is c1csc(-c2nnc(C3CCCNC3)s2)c1. The van der Waals surface area contributed by atoms with Crippen LogP contribution in [0.25, 0.3) is 9.88 Å². The predicted molar refractivity (Wildman–Crippen MR) is 68.1 cm³/mol. The molecule has 5 heteroatoms. The Balaban J connectivity index is 1.82. The Bertz CT molecular complexity index is 444. The standard InChI is InChI=1S/C11H13N3S2/c1-3-8(7-12-5-1)10-13-14-11(16-10)9-4-2-6-15-9/h2,4,6,8,12H,1,3,5,7H2. The second-order valence-corrected chi connectivity index (χ2v) is 5.92. The maximum absolute atomic E-state index is 4.33.